The van der Waals surface area contributed by atoms with Gasteiger partial charge in [0.2, 0.25) is 0 Å². The molecule has 0 atom stereocenters. The van der Waals surface area contributed by atoms with Gasteiger partial charge in [-0.05, 0) is 86.2 Å². The quantitative estimate of drug-likeness (QED) is 0.373. The topological polar surface area (TPSA) is 51.5 Å². The zero-order chi connectivity index (χ0) is 25.1. The minimum atomic E-state index is 0.716. The van der Waals surface area contributed by atoms with E-state index >= 15 is 0 Å². The fourth-order valence-electron chi connectivity index (χ4n) is 4.88. The summed E-state index contributed by atoms with van der Waals surface area (Å²) in [6.07, 6.45) is 3.36. The van der Waals surface area contributed by atoms with Gasteiger partial charge in [0.05, 0.1) is 32.7 Å². The average molecular weight is 487 g/mol. The molecule has 1 aliphatic heterocycles. The Balaban J connectivity index is 1.59. The van der Waals surface area contributed by atoms with Crippen molar-refractivity contribution in [1.29, 1.82) is 0 Å². The fraction of sp³-hybridized carbons (Fsp3) is 0.345. The van der Waals surface area contributed by atoms with Crippen LogP contribution in [0.5, 0.6) is 17.2 Å². The molecule has 2 aromatic carbocycles. The third-order valence-corrected chi connectivity index (χ3v) is 6.98. The number of benzene rings is 2. The van der Waals surface area contributed by atoms with E-state index in [9.17, 15) is 0 Å². The molecule has 0 spiro atoms. The molecule has 0 aliphatic carbocycles. The highest BCUT2D eigenvalue weighted by molar-refractivity contribution is 5.71. The first-order valence-corrected chi connectivity index (χ1v) is 12.4. The van der Waals surface area contributed by atoms with E-state index in [1.807, 2.05) is 24.3 Å². The number of imidazole rings is 1. The lowest BCUT2D eigenvalue weighted by atomic mass is 10.1. The van der Waals surface area contributed by atoms with Crippen LogP contribution in [0.2, 0.25) is 0 Å². The summed E-state index contributed by atoms with van der Waals surface area (Å²) >= 11 is 0. The third kappa shape index (κ3) is 4.90. The van der Waals surface area contributed by atoms with Crippen LogP contribution in [0.3, 0.4) is 0 Å². The predicted octanol–water partition coefficient (Wildman–Crippen LogP) is 4.83. The van der Waals surface area contributed by atoms with Crippen LogP contribution in [0.25, 0.3) is 28.0 Å². The minimum absolute atomic E-state index is 0.716. The van der Waals surface area contributed by atoms with Crippen LogP contribution in [-0.4, -0.2) is 73.7 Å². The molecular formula is C29H34N4O3. The molecule has 36 heavy (non-hydrogen) atoms. The van der Waals surface area contributed by atoms with Crippen LogP contribution in [0, 0.1) is 0 Å². The van der Waals surface area contributed by atoms with Gasteiger partial charge in [0.15, 0.2) is 11.5 Å². The van der Waals surface area contributed by atoms with Crippen molar-refractivity contribution < 1.29 is 14.2 Å². The second-order valence-electron chi connectivity index (χ2n) is 9.28. The van der Waals surface area contributed by atoms with Crippen molar-refractivity contribution in [3.8, 4) is 39.6 Å². The molecule has 7 heteroatoms. The second-order valence-corrected chi connectivity index (χ2v) is 9.28. The Hall–Kier alpha value is -3.55. The zero-order valence-electron chi connectivity index (χ0n) is 21.5. The molecule has 4 aromatic rings. The van der Waals surface area contributed by atoms with E-state index in [0.29, 0.717) is 5.75 Å². The summed E-state index contributed by atoms with van der Waals surface area (Å²) < 4.78 is 18.6. The first kappa shape index (κ1) is 24.2. The molecule has 0 radical (unpaired) electrons. The number of nitrogens with zero attached hydrogens (tertiary/aromatic N) is 4. The van der Waals surface area contributed by atoms with E-state index in [1.165, 1.54) is 12.1 Å². The van der Waals surface area contributed by atoms with Gasteiger partial charge >= 0.3 is 0 Å². The van der Waals surface area contributed by atoms with Crippen molar-refractivity contribution in [3.05, 3.63) is 66.5 Å². The molecule has 0 N–H and O–H groups in total. The first-order chi connectivity index (χ1) is 17.6. The number of fused-ring (bicyclic) bond motifs is 1. The van der Waals surface area contributed by atoms with Gasteiger partial charge in [-0.1, -0.05) is 6.07 Å². The smallest absolute Gasteiger partial charge is 0.161 e. The van der Waals surface area contributed by atoms with Crippen molar-refractivity contribution >= 4 is 5.65 Å². The lowest BCUT2D eigenvalue weighted by Crippen LogP contribution is -2.29. The Bertz CT molecular complexity index is 1330. The summed E-state index contributed by atoms with van der Waals surface area (Å²) in [5.74, 6) is 2.28. The Kier molecular flexibility index (Phi) is 7.11. The Morgan fingerprint density at radius 3 is 2.25 bits per heavy atom. The molecule has 0 unspecified atom stereocenters. The normalized spacial score (nSPS) is 15.1. The number of hydrogen-bond donors (Lipinski definition) is 0. The van der Waals surface area contributed by atoms with E-state index in [-0.39, 0.29) is 0 Å². The summed E-state index contributed by atoms with van der Waals surface area (Å²) in [5.41, 5.74) is 6.40. The van der Waals surface area contributed by atoms with Crippen LogP contribution in [0.15, 0.2) is 60.8 Å². The summed E-state index contributed by atoms with van der Waals surface area (Å²) in [7, 11) is 7.22. The van der Waals surface area contributed by atoms with E-state index in [2.05, 4.69) is 57.8 Å². The van der Waals surface area contributed by atoms with Gasteiger partial charge < -0.3 is 23.5 Å². The van der Waals surface area contributed by atoms with Crippen LogP contribution in [0.1, 0.15) is 12.1 Å². The number of aromatic nitrogens is 2. The van der Waals surface area contributed by atoms with Gasteiger partial charge in [0.1, 0.15) is 11.4 Å². The Morgan fingerprint density at radius 1 is 0.750 bits per heavy atom. The van der Waals surface area contributed by atoms with E-state index in [4.69, 9.17) is 19.2 Å². The molecule has 0 amide bonds. The molecule has 1 aliphatic rings. The number of hydrogen-bond acceptors (Lipinski definition) is 6. The van der Waals surface area contributed by atoms with E-state index in [1.54, 1.807) is 21.3 Å². The summed E-state index contributed by atoms with van der Waals surface area (Å²) in [4.78, 5) is 10.0. The Labute approximate surface area is 212 Å². The minimum Gasteiger partial charge on any atom is -0.497 e. The zero-order valence-corrected chi connectivity index (χ0v) is 21.5. The third-order valence-electron chi connectivity index (χ3n) is 6.98. The molecular weight excluding hydrogens is 452 g/mol. The summed E-state index contributed by atoms with van der Waals surface area (Å²) in [6, 6.07) is 18.4. The molecule has 188 valence electrons. The molecule has 1 fully saturated rings. The standard InChI is InChI=1S/C29H34N4O3/c1-31-14-5-15-32(17-16-31)20-25-29(21-6-10-24(34-2)11-7-21)30-28-13-9-23(19-33(25)28)22-8-12-26(35-3)27(18-22)36-4/h6-13,18-19H,5,14-17,20H2,1-4H3. The number of ether oxygens (including phenoxy) is 3. The average Bonchev–Trinajstić information content (AvgIpc) is 3.14. The van der Waals surface area contributed by atoms with Gasteiger partial charge in [-0.3, -0.25) is 4.90 Å². The van der Waals surface area contributed by atoms with Crippen LogP contribution < -0.4 is 14.2 Å². The van der Waals surface area contributed by atoms with Crippen molar-refractivity contribution in [2.45, 2.75) is 13.0 Å². The van der Waals surface area contributed by atoms with Crippen LogP contribution in [0.4, 0.5) is 0 Å². The molecule has 5 rings (SSSR count). The van der Waals surface area contributed by atoms with E-state index < -0.39 is 0 Å². The highest BCUT2D eigenvalue weighted by Crippen LogP contribution is 2.34. The number of rotatable bonds is 7. The maximum atomic E-state index is 5.55. The van der Waals surface area contributed by atoms with Crippen LogP contribution in [-0.2, 0) is 6.54 Å². The van der Waals surface area contributed by atoms with Gasteiger partial charge in [0, 0.05) is 31.4 Å². The lowest BCUT2D eigenvalue weighted by molar-refractivity contribution is 0.266. The Morgan fingerprint density at radius 2 is 1.50 bits per heavy atom. The maximum Gasteiger partial charge on any atom is 0.161 e. The summed E-state index contributed by atoms with van der Waals surface area (Å²) in [6.45, 7) is 5.17. The number of pyridine rings is 1. The fourth-order valence-corrected chi connectivity index (χ4v) is 4.88. The molecule has 0 saturated carbocycles. The van der Waals surface area contributed by atoms with Crippen molar-refractivity contribution in [3.63, 3.8) is 0 Å². The largest absolute Gasteiger partial charge is 0.497 e. The van der Waals surface area contributed by atoms with Crippen molar-refractivity contribution in [2.24, 2.45) is 0 Å². The lowest BCUT2D eigenvalue weighted by Gasteiger charge is -2.21. The maximum absolute atomic E-state index is 5.55. The first-order valence-electron chi connectivity index (χ1n) is 12.4. The number of methoxy groups -OCH3 is 3. The highest BCUT2D eigenvalue weighted by Gasteiger charge is 2.20. The van der Waals surface area contributed by atoms with Gasteiger partial charge in [-0.25, -0.2) is 4.98 Å². The van der Waals surface area contributed by atoms with Gasteiger partial charge in [-0.2, -0.15) is 0 Å². The van der Waals surface area contributed by atoms with Gasteiger partial charge in [-0.15, -0.1) is 0 Å². The molecule has 2 aromatic heterocycles. The molecule has 7 nitrogen and oxygen atoms in total. The predicted molar refractivity (Wildman–Crippen MR) is 143 cm³/mol. The SMILES string of the molecule is COc1ccc(-c2nc3ccc(-c4ccc(OC)c(OC)c4)cn3c2CN2CCCN(C)CC2)cc1. The molecule has 0 bridgehead atoms. The van der Waals surface area contributed by atoms with Crippen molar-refractivity contribution in [2.75, 3.05) is 54.6 Å². The molecule has 3 heterocycles. The van der Waals surface area contributed by atoms with Gasteiger partial charge in [0.25, 0.3) is 0 Å². The van der Waals surface area contributed by atoms with Crippen LogP contribution >= 0.6 is 0 Å². The molecule has 1 saturated heterocycles. The summed E-state index contributed by atoms with van der Waals surface area (Å²) in [5, 5.41) is 0. The number of likely N-dealkylation sites (N-methyl/N-ethyl adjacent to an activating group) is 1. The van der Waals surface area contributed by atoms with E-state index in [0.717, 1.165) is 72.3 Å². The highest BCUT2D eigenvalue weighted by atomic mass is 16.5. The van der Waals surface area contributed by atoms with Crippen molar-refractivity contribution in [1.82, 2.24) is 19.2 Å². The second kappa shape index (κ2) is 10.6. The monoisotopic (exact) mass is 486 g/mol.